The maximum Gasteiger partial charge on any atom is 0.0867 e. The van der Waals surface area contributed by atoms with E-state index in [1.165, 1.54) is 35.5 Å². The largest absolute Gasteiger partial charge is 0.370 e. The molecule has 0 aliphatic carbocycles. The van der Waals surface area contributed by atoms with E-state index in [-0.39, 0.29) is 0 Å². The topological polar surface area (TPSA) is 18.8 Å². The maximum atomic E-state index is 5.03. The van der Waals surface area contributed by atoms with Gasteiger partial charge in [-0.3, -0.25) is 0 Å². The minimum atomic E-state index is 0.883. The van der Waals surface area contributed by atoms with Crippen LogP contribution < -0.4 is 9.80 Å². The molecule has 0 bridgehead atoms. The van der Waals surface area contributed by atoms with Crippen LogP contribution in [-0.4, -0.2) is 32.4 Å². The van der Waals surface area contributed by atoms with Crippen molar-refractivity contribution in [3.05, 3.63) is 54.1 Å². The van der Waals surface area contributed by atoms with Crippen molar-refractivity contribution in [2.75, 3.05) is 36.5 Å². The molecule has 2 aliphatic heterocycles. The van der Waals surface area contributed by atoms with Crippen molar-refractivity contribution < 1.29 is 0 Å². The Morgan fingerprint density at radius 3 is 2.36 bits per heavy atom. The lowest BCUT2D eigenvalue weighted by atomic mass is 10.1. The van der Waals surface area contributed by atoms with Gasteiger partial charge in [0, 0.05) is 31.4 Å². The third-order valence-electron chi connectivity index (χ3n) is 4.60. The van der Waals surface area contributed by atoms with Gasteiger partial charge in [0.05, 0.1) is 23.6 Å². The molecule has 0 saturated carbocycles. The zero-order valence-electron chi connectivity index (χ0n) is 13.0. The van der Waals surface area contributed by atoms with Crippen LogP contribution in [-0.2, 0) is 0 Å². The number of para-hydroxylation sites is 3. The second-order valence-corrected chi connectivity index (χ2v) is 6.11. The molecule has 2 aromatic carbocycles. The van der Waals surface area contributed by atoms with Crippen LogP contribution in [0.25, 0.3) is 0 Å². The Morgan fingerprint density at radius 1 is 0.864 bits per heavy atom. The van der Waals surface area contributed by atoms with E-state index in [4.69, 9.17) is 4.99 Å². The Kier molecular flexibility index (Phi) is 3.34. The fourth-order valence-corrected chi connectivity index (χ4v) is 3.47. The molecule has 0 amide bonds. The minimum Gasteiger partial charge on any atom is -0.370 e. The van der Waals surface area contributed by atoms with E-state index in [2.05, 4.69) is 65.4 Å². The normalized spacial score (nSPS) is 19.0. The first-order valence-corrected chi connectivity index (χ1v) is 8.05. The number of hydrogen-bond donors (Lipinski definition) is 0. The highest BCUT2D eigenvalue weighted by Crippen LogP contribution is 2.34. The summed E-state index contributed by atoms with van der Waals surface area (Å²) in [6, 6.07) is 17.1. The molecule has 112 valence electrons. The first-order valence-electron chi connectivity index (χ1n) is 8.05. The van der Waals surface area contributed by atoms with Crippen LogP contribution in [0.4, 0.5) is 17.1 Å². The lowest BCUT2D eigenvalue weighted by Crippen LogP contribution is -2.18. The van der Waals surface area contributed by atoms with Crippen molar-refractivity contribution in [3.8, 4) is 0 Å². The van der Waals surface area contributed by atoms with Gasteiger partial charge in [-0.05, 0) is 31.0 Å². The van der Waals surface area contributed by atoms with E-state index in [9.17, 15) is 0 Å². The molecule has 0 radical (unpaired) electrons. The molecule has 1 fully saturated rings. The van der Waals surface area contributed by atoms with Crippen molar-refractivity contribution in [2.45, 2.75) is 12.8 Å². The van der Waals surface area contributed by atoms with Gasteiger partial charge in [0.2, 0.25) is 0 Å². The van der Waals surface area contributed by atoms with Gasteiger partial charge in [0.15, 0.2) is 0 Å². The highest BCUT2D eigenvalue weighted by Gasteiger charge is 2.22. The average molecular weight is 291 g/mol. The summed E-state index contributed by atoms with van der Waals surface area (Å²) in [5.41, 5.74) is 6.09. The number of anilines is 2. The molecule has 2 heterocycles. The van der Waals surface area contributed by atoms with E-state index in [0.717, 1.165) is 25.3 Å². The average Bonchev–Trinajstić information content (AvgIpc) is 3.18. The van der Waals surface area contributed by atoms with Crippen molar-refractivity contribution in [3.63, 3.8) is 0 Å². The summed E-state index contributed by atoms with van der Waals surface area (Å²) < 4.78 is 0. The zero-order valence-corrected chi connectivity index (χ0v) is 13.0. The lowest BCUT2D eigenvalue weighted by Gasteiger charge is -2.19. The molecule has 3 heteroatoms. The van der Waals surface area contributed by atoms with Gasteiger partial charge in [-0.15, -0.1) is 0 Å². The maximum absolute atomic E-state index is 5.03. The number of aliphatic imine (C=N–C) groups is 1. The Morgan fingerprint density at radius 2 is 1.55 bits per heavy atom. The second-order valence-electron chi connectivity index (χ2n) is 6.11. The molecule has 0 atom stereocenters. The van der Waals surface area contributed by atoms with Gasteiger partial charge in [0.1, 0.15) is 0 Å². The number of benzene rings is 2. The smallest absolute Gasteiger partial charge is 0.0867 e. The fourth-order valence-electron chi connectivity index (χ4n) is 3.47. The van der Waals surface area contributed by atoms with Gasteiger partial charge in [-0.25, -0.2) is 4.99 Å². The van der Waals surface area contributed by atoms with Crippen LogP contribution in [0.3, 0.4) is 0 Å². The number of rotatable bonds is 2. The van der Waals surface area contributed by atoms with Crippen LogP contribution in [0.1, 0.15) is 18.4 Å². The summed E-state index contributed by atoms with van der Waals surface area (Å²) in [4.78, 5) is 9.76. The quantitative estimate of drug-likeness (QED) is 0.836. The van der Waals surface area contributed by atoms with Crippen LogP contribution in [0, 0.1) is 0 Å². The summed E-state index contributed by atoms with van der Waals surface area (Å²) in [5, 5.41) is 0. The Balaban J connectivity index is 1.75. The monoisotopic (exact) mass is 291 g/mol. The van der Waals surface area contributed by atoms with E-state index in [1.54, 1.807) is 0 Å². The molecular weight excluding hydrogens is 270 g/mol. The van der Waals surface area contributed by atoms with Crippen molar-refractivity contribution in [2.24, 2.45) is 4.99 Å². The van der Waals surface area contributed by atoms with Crippen LogP contribution in [0.15, 0.2) is 53.5 Å². The third-order valence-corrected chi connectivity index (χ3v) is 4.60. The molecular formula is C19H21N3. The molecule has 0 unspecified atom stereocenters. The molecule has 2 aliphatic rings. The van der Waals surface area contributed by atoms with Gasteiger partial charge in [-0.1, -0.05) is 30.3 Å². The fraction of sp³-hybridized carbons (Fsp3) is 0.316. The Hall–Kier alpha value is -2.29. The summed E-state index contributed by atoms with van der Waals surface area (Å²) in [6.07, 6.45) is 2.58. The Labute approximate surface area is 131 Å². The number of likely N-dealkylation sites (N-methyl/N-ethyl adjacent to an activating group) is 1. The standard InChI is InChI=1S/C19H21N3/c1-21-14-17(15-8-2-4-10-18(15)21)20-16-9-3-5-11-19(16)22-12-6-7-13-22/h2-5,8-11H,6-7,12-14H2,1H3. The summed E-state index contributed by atoms with van der Waals surface area (Å²) >= 11 is 0. The van der Waals surface area contributed by atoms with Crippen molar-refractivity contribution in [1.29, 1.82) is 0 Å². The molecule has 0 N–H and O–H groups in total. The molecule has 2 aromatic rings. The van der Waals surface area contributed by atoms with E-state index < -0.39 is 0 Å². The molecule has 3 nitrogen and oxygen atoms in total. The highest BCUT2D eigenvalue weighted by atomic mass is 15.2. The molecule has 1 saturated heterocycles. The van der Waals surface area contributed by atoms with E-state index in [0.29, 0.717) is 0 Å². The van der Waals surface area contributed by atoms with E-state index >= 15 is 0 Å². The first-order chi connectivity index (χ1) is 10.8. The zero-order chi connectivity index (χ0) is 14.9. The SMILES string of the molecule is CN1CC(=Nc2ccccc2N2CCCC2)c2ccccc21. The molecule has 0 spiro atoms. The van der Waals surface area contributed by atoms with Crippen LogP contribution >= 0.6 is 0 Å². The summed E-state index contributed by atoms with van der Waals surface area (Å²) in [7, 11) is 2.13. The molecule has 22 heavy (non-hydrogen) atoms. The van der Waals surface area contributed by atoms with Crippen LogP contribution in [0.5, 0.6) is 0 Å². The number of fused-ring (bicyclic) bond motifs is 1. The van der Waals surface area contributed by atoms with E-state index in [1.807, 2.05) is 0 Å². The Bertz CT molecular complexity index is 714. The second kappa shape index (κ2) is 5.48. The van der Waals surface area contributed by atoms with Gasteiger partial charge in [0.25, 0.3) is 0 Å². The third kappa shape index (κ3) is 2.27. The minimum absolute atomic E-state index is 0.883. The van der Waals surface area contributed by atoms with Crippen molar-refractivity contribution in [1.82, 2.24) is 0 Å². The molecule has 4 rings (SSSR count). The summed E-state index contributed by atoms with van der Waals surface area (Å²) in [6.45, 7) is 3.18. The van der Waals surface area contributed by atoms with Gasteiger partial charge >= 0.3 is 0 Å². The molecule has 0 aromatic heterocycles. The lowest BCUT2D eigenvalue weighted by molar-refractivity contribution is 0.949. The number of hydrogen-bond acceptors (Lipinski definition) is 3. The number of nitrogens with zero attached hydrogens (tertiary/aromatic N) is 3. The summed E-state index contributed by atoms with van der Waals surface area (Å²) in [5.74, 6) is 0. The van der Waals surface area contributed by atoms with Crippen molar-refractivity contribution >= 4 is 22.8 Å². The van der Waals surface area contributed by atoms with Crippen LogP contribution in [0.2, 0.25) is 0 Å². The predicted molar refractivity (Wildman–Crippen MR) is 93.8 cm³/mol. The van der Waals surface area contributed by atoms with Gasteiger partial charge in [-0.2, -0.15) is 0 Å². The highest BCUT2D eigenvalue weighted by molar-refractivity contribution is 6.13. The first kappa shape index (κ1) is 13.4. The van der Waals surface area contributed by atoms with Gasteiger partial charge < -0.3 is 9.80 Å². The predicted octanol–water partition coefficient (Wildman–Crippen LogP) is 3.86.